The van der Waals surface area contributed by atoms with Gasteiger partial charge in [0.05, 0.1) is 6.61 Å². The number of rotatable bonds is 8. The van der Waals surface area contributed by atoms with Gasteiger partial charge >= 0.3 is 0 Å². The minimum Gasteiger partial charge on any atom is -0.494 e. The monoisotopic (exact) mass is 313 g/mol. The van der Waals surface area contributed by atoms with Gasteiger partial charge in [-0.05, 0) is 55.7 Å². The van der Waals surface area contributed by atoms with E-state index in [9.17, 15) is 4.79 Å². The van der Waals surface area contributed by atoms with Crippen molar-refractivity contribution in [1.29, 1.82) is 0 Å². The van der Waals surface area contributed by atoms with Gasteiger partial charge in [0.25, 0.3) is 5.91 Å². The summed E-state index contributed by atoms with van der Waals surface area (Å²) in [5, 5.41) is 2.82. The van der Waals surface area contributed by atoms with Crippen molar-refractivity contribution in [2.45, 2.75) is 20.3 Å². The van der Waals surface area contributed by atoms with E-state index in [4.69, 9.17) is 9.47 Å². The van der Waals surface area contributed by atoms with E-state index < -0.39 is 0 Å². The zero-order valence-corrected chi connectivity index (χ0v) is 13.7. The van der Waals surface area contributed by atoms with Gasteiger partial charge in [-0.3, -0.25) is 4.79 Å². The SMILES string of the molecule is Cc1cccc(OCCCNC(=O)COc2cccc(C)c2)c1. The molecule has 2 aromatic rings. The Morgan fingerprint density at radius 3 is 2.17 bits per heavy atom. The number of amides is 1. The molecule has 0 saturated carbocycles. The number of hydrogen-bond donors (Lipinski definition) is 1. The van der Waals surface area contributed by atoms with E-state index >= 15 is 0 Å². The van der Waals surface area contributed by atoms with E-state index in [0.717, 1.165) is 17.7 Å². The second-order valence-corrected chi connectivity index (χ2v) is 5.47. The molecule has 0 aliphatic rings. The predicted octanol–water partition coefficient (Wildman–Crippen LogP) is 3.27. The van der Waals surface area contributed by atoms with Crippen LogP contribution < -0.4 is 14.8 Å². The summed E-state index contributed by atoms with van der Waals surface area (Å²) >= 11 is 0. The molecule has 0 saturated heterocycles. The van der Waals surface area contributed by atoms with Crippen LogP contribution in [-0.2, 0) is 4.79 Å². The number of hydrogen-bond acceptors (Lipinski definition) is 3. The lowest BCUT2D eigenvalue weighted by atomic mass is 10.2. The maximum Gasteiger partial charge on any atom is 0.257 e. The van der Waals surface area contributed by atoms with Crippen LogP contribution in [0.3, 0.4) is 0 Å². The van der Waals surface area contributed by atoms with E-state index in [-0.39, 0.29) is 12.5 Å². The van der Waals surface area contributed by atoms with E-state index in [1.165, 1.54) is 5.56 Å². The third-order valence-electron chi connectivity index (χ3n) is 3.26. The molecule has 0 atom stereocenters. The maximum atomic E-state index is 11.7. The third kappa shape index (κ3) is 6.43. The van der Waals surface area contributed by atoms with E-state index in [0.29, 0.717) is 18.9 Å². The van der Waals surface area contributed by atoms with Crippen LogP contribution in [-0.4, -0.2) is 25.7 Å². The van der Waals surface area contributed by atoms with Gasteiger partial charge in [0.1, 0.15) is 11.5 Å². The second-order valence-electron chi connectivity index (χ2n) is 5.47. The van der Waals surface area contributed by atoms with Crippen molar-refractivity contribution in [3.63, 3.8) is 0 Å². The largest absolute Gasteiger partial charge is 0.494 e. The lowest BCUT2D eigenvalue weighted by Gasteiger charge is -2.09. The molecule has 0 unspecified atom stereocenters. The average molecular weight is 313 g/mol. The maximum absolute atomic E-state index is 11.7. The molecule has 0 bridgehead atoms. The first kappa shape index (κ1) is 16.9. The van der Waals surface area contributed by atoms with Crippen molar-refractivity contribution < 1.29 is 14.3 Å². The summed E-state index contributed by atoms with van der Waals surface area (Å²) in [5.41, 5.74) is 2.28. The summed E-state index contributed by atoms with van der Waals surface area (Å²) in [6, 6.07) is 15.6. The molecular formula is C19H23NO3. The minimum absolute atomic E-state index is 0.0300. The number of nitrogens with one attached hydrogen (secondary N) is 1. The summed E-state index contributed by atoms with van der Waals surface area (Å²) in [6.45, 7) is 5.19. The van der Waals surface area contributed by atoms with Gasteiger partial charge in [0, 0.05) is 6.54 Å². The first-order chi connectivity index (χ1) is 11.1. The summed E-state index contributed by atoms with van der Waals surface area (Å²) < 4.78 is 11.1. The average Bonchev–Trinajstić information content (AvgIpc) is 2.53. The van der Waals surface area contributed by atoms with Gasteiger partial charge in [-0.1, -0.05) is 24.3 Å². The van der Waals surface area contributed by atoms with Crippen LogP contribution in [0.4, 0.5) is 0 Å². The van der Waals surface area contributed by atoms with Crippen molar-refractivity contribution in [1.82, 2.24) is 5.32 Å². The van der Waals surface area contributed by atoms with E-state index in [1.54, 1.807) is 0 Å². The first-order valence-electron chi connectivity index (χ1n) is 7.79. The topological polar surface area (TPSA) is 47.6 Å². The molecular weight excluding hydrogens is 290 g/mol. The Morgan fingerprint density at radius 1 is 0.957 bits per heavy atom. The van der Waals surface area contributed by atoms with Gasteiger partial charge < -0.3 is 14.8 Å². The highest BCUT2D eigenvalue weighted by Gasteiger charge is 2.02. The van der Waals surface area contributed by atoms with Crippen molar-refractivity contribution in [3.05, 3.63) is 59.7 Å². The molecule has 4 heteroatoms. The standard InChI is InChI=1S/C19H23NO3/c1-15-6-3-8-17(12-15)22-11-5-10-20-19(21)14-23-18-9-4-7-16(2)13-18/h3-4,6-9,12-13H,5,10-11,14H2,1-2H3,(H,20,21). The number of carbonyl (C=O) groups is 1. The fourth-order valence-electron chi connectivity index (χ4n) is 2.10. The molecule has 1 N–H and O–H groups in total. The van der Waals surface area contributed by atoms with Crippen molar-refractivity contribution in [3.8, 4) is 11.5 Å². The third-order valence-corrected chi connectivity index (χ3v) is 3.26. The number of carbonyl (C=O) groups excluding carboxylic acids is 1. The van der Waals surface area contributed by atoms with Gasteiger partial charge in [-0.2, -0.15) is 0 Å². The zero-order valence-electron chi connectivity index (χ0n) is 13.7. The van der Waals surface area contributed by atoms with Crippen molar-refractivity contribution >= 4 is 5.91 Å². The van der Waals surface area contributed by atoms with Crippen LogP contribution >= 0.6 is 0 Å². The number of ether oxygens (including phenoxy) is 2. The Balaban J connectivity index is 1.58. The van der Waals surface area contributed by atoms with E-state index in [2.05, 4.69) is 5.32 Å². The molecule has 0 fully saturated rings. The lowest BCUT2D eigenvalue weighted by Crippen LogP contribution is -2.30. The molecule has 0 aliphatic carbocycles. The highest BCUT2D eigenvalue weighted by Crippen LogP contribution is 2.13. The Morgan fingerprint density at radius 2 is 1.57 bits per heavy atom. The lowest BCUT2D eigenvalue weighted by molar-refractivity contribution is -0.123. The Kier molecular flexibility index (Phi) is 6.48. The Hall–Kier alpha value is -2.49. The molecule has 23 heavy (non-hydrogen) atoms. The zero-order chi connectivity index (χ0) is 16.5. The van der Waals surface area contributed by atoms with Crippen LogP contribution in [0.25, 0.3) is 0 Å². The Bertz CT molecular complexity index is 640. The normalized spacial score (nSPS) is 10.2. The van der Waals surface area contributed by atoms with Crippen LogP contribution in [0, 0.1) is 13.8 Å². The van der Waals surface area contributed by atoms with Gasteiger partial charge in [-0.25, -0.2) is 0 Å². The fourth-order valence-corrected chi connectivity index (χ4v) is 2.10. The highest BCUT2D eigenvalue weighted by molar-refractivity contribution is 5.77. The van der Waals surface area contributed by atoms with E-state index in [1.807, 2.05) is 62.4 Å². The van der Waals surface area contributed by atoms with Crippen molar-refractivity contribution in [2.75, 3.05) is 19.8 Å². The van der Waals surface area contributed by atoms with Gasteiger partial charge in [0.2, 0.25) is 0 Å². The first-order valence-corrected chi connectivity index (χ1v) is 7.79. The smallest absolute Gasteiger partial charge is 0.257 e. The second kappa shape index (κ2) is 8.83. The van der Waals surface area contributed by atoms with Crippen LogP contribution in [0.5, 0.6) is 11.5 Å². The summed E-state index contributed by atoms with van der Waals surface area (Å²) in [4.78, 5) is 11.7. The fraction of sp³-hybridized carbons (Fsp3) is 0.316. The summed E-state index contributed by atoms with van der Waals surface area (Å²) in [6.07, 6.45) is 0.754. The predicted molar refractivity (Wildman–Crippen MR) is 91.0 cm³/mol. The van der Waals surface area contributed by atoms with Gasteiger partial charge in [0.15, 0.2) is 6.61 Å². The summed E-state index contributed by atoms with van der Waals surface area (Å²) in [7, 11) is 0. The Labute approximate surface area is 137 Å². The molecule has 2 aromatic carbocycles. The quantitative estimate of drug-likeness (QED) is 0.761. The number of benzene rings is 2. The highest BCUT2D eigenvalue weighted by atomic mass is 16.5. The number of aryl methyl sites for hydroxylation is 2. The van der Waals surface area contributed by atoms with Gasteiger partial charge in [-0.15, -0.1) is 0 Å². The molecule has 0 spiro atoms. The van der Waals surface area contributed by atoms with Crippen molar-refractivity contribution in [2.24, 2.45) is 0 Å². The molecule has 4 nitrogen and oxygen atoms in total. The molecule has 0 heterocycles. The molecule has 0 aliphatic heterocycles. The van der Waals surface area contributed by atoms with Crippen LogP contribution in [0.1, 0.15) is 17.5 Å². The van der Waals surface area contributed by atoms with Crippen LogP contribution in [0.15, 0.2) is 48.5 Å². The molecule has 122 valence electrons. The minimum atomic E-state index is -0.123. The molecule has 2 rings (SSSR count). The molecule has 0 radical (unpaired) electrons. The molecule has 0 aromatic heterocycles. The van der Waals surface area contributed by atoms with Crippen LogP contribution in [0.2, 0.25) is 0 Å². The summed E-state index contributed by atoms with van der Waals surface area (Å²) in [5.74, 6) is 1.45. The molecule has 1 amide bonds.